The molecule has 1 unspecified atom stereocenters. The highest BCUT2D eigenvalue weighted by molar-refractivity contribution is 7.07. The third-order valence-corrected chi connectivity index (χ3v) is 4.05. The van der Waals surface area contributed by atoms with Crippen molar-refractivity contribution in [3.8, 4) is 11.5 Å². The first-order valence-electron chi connectivity index (χ1n) is 6.97. The van der Waals surface area contributed by atoms with Crippen LogP contribution in [0.1, 0.15) is 12.0 Å². The predicted molar refractivity (Wildman–Crippen MR) is 82.0 cm³/mol. The molecule has 2 aromatic rings. The van der Waals surface area contributed by atoms with Crippen LogP contribution in [0.2, 0.25) is 0 Å². The average Bonchev–Trinajstić information content (AvgIpc) is 3.04. The molecule has 0 aliphatic carbocycles. The molecule has 1 aliphatic rings. The lowest BCUT2D eigenvalue weighted by Crippen LogP contribution is -2.40. The van der Waals surface area contributed by atoms with Crippen molar-refractivity contribution < 1.29 is 14.3 Å². The third kappa shape index (κ3) is 3.76. The van der Waals surface area contributed by atoms with E-state index in [1.807, 2.05) is 35.7 Å². The molecule has 1 atom stereocenters. The molecule has 1 N–H and O–H groups in total. The first-order valence-corrected chi connectivity index (χ1v) is 7.92. The lowest BCUT2D eigenvalue weighted by atomic mass is 10.2. The van der Waals surface area contributed by atoms with Gasteiger partial charge in [-0.3, -0.25) is 4.79 Å². The first kappa shape index (κ1) is 13.9. The van der Waals surface area contributed by atoms with E-state index < -0.39 is 0 Å². The fourth-order valence-electron chi connectivity index (χ4n) is 2.17. The summed E-state index contributed by atoms with van der Waals surface area (Å²) in [6.07, 6.45) is 1.14. The summed E-state index contributed by atoms with van der Waals surface area (Å²) in [7, 11) is 0. The van der Waals surface area contributed by atoms with Crippen LogP contribution < -0.4 is 14.8 Å². The van der Waals surface area contributed by atoms with E-state index >= 15 is 0 Å². The van der Waals surface area contributed by atoms with Gasteiger partial charge in [0.25, 0.3) is 0 Å². The van der Waals surface area contributed by atoms with Gasteiger partial charge in [0.15, 0.2) is 11.5 Å². The van der Waals surface area contributed by atoms with E-state index in [-0.39, 0.29) is 12.0 Å². The molecule has 21 heavy (non-hydrogen) atoms. The molecule has 0 fully saturated rings. The molecule has 1 aromatic heterocycles. The zero-order valence-electron chi connectivity index (χ0n) is 11.6. The van der Waals surface area contributed by atoms with Gasteiger partial charge in [0.1, 0.15) is 12.7 Å². The molecule has 0 saturated carbocycles. The van der Waals surface area contributed by atoms with Crippen molar-refractivity contribution in [3.63, 3.8) is 0 Å². The Morgan fingerprint density at radius 3 is 2.95 bits per heavy atom. The molecular formula is C16H17NO3S. The highest BCUT2D eigenvalue weighted by Crippen LogP contribution is 2.30. The molecular weight excluding hydrogens is 286 g/mol. The van der Waals surface area contributed by atoms with Crippen LogP contribution in [0.4, 0.5) is 0 Å². The van der Waals surface area contributed by atoms with Crippen molar-refractivity contribution in [3.05, 3.63) is 46.7 Å². The monoisotopic (exact) mass is 303 g/mol. The van der Waals surface area contributed by atoms with Gasteiger partial charge in [-0.15, -0.1) is 0 Å². The number of para-hydroxylation sites is 2. The van der Waals surface area contributed by atoms with Gasteiger partial charge < -0.3 is 14.8 Å². The summed E-state index contributed by atoms with van der Waals surface area (Å²) in [6, 6.07) is 9.62. The summed E-state index contributed by atoms with van der Waals surface area (Å²) in [6.45, 7) is 0.929. The average molecular weight is 303 g/mol. The number of thiophene rings is 1. The van der Waals surface area contributed by atoms with Crippen LogP contribution in [0, 0.1) is 0 Å². The number of carbonyl (C=O) groups is 1. The van der Waals surface area contributed by atoms with Crippen LogP contribution in [0.3, 0.4) is 0 Å². The molecule has 1 aliphatic heterocycles. The van der Waals surface area contributed by atoms with Crippen LogP contribution in [0.15, 0.2) is 41.1 Å². The van der Waals surface area contributed by atoms with E-state index in [1.54, 1.807) is 11.3 Å². The van der Waals surface area contributed by atoms with E-state index in [4.69, 9.17) is 9.47 Å². The molecule has 1 aromatic carbocycles. The van der Waals surface area contributed by atoms with Gasteiger partial charge in [0.05, 0.1) is 6.54 Å². The quantitative estimate of drug-likeness (QED) is 0.923. The van der Waals surface area contributed by atoms with Gasteiger partial charge >= 0.3 is 0 Å². The van der Waals surface area contributed by atoms with Gasteiger partial charge in [-0.2, -0.15) is 11.3 Å². The molecule has 5 heteroatoms. The molecule has 110 valence electrons. The van der Waals surface area contributed by atoms with Crippen LogP contribution in [-0.4, -0.2) is 25.2 Å². The normalized spacial score (nSPS) is 16.5. The van der Waals surface area contributed by atoms with Crippen molar-refractivity contribution in [1.82, 2.24) is 5.32 Å². The number of rotatable bonds is 5. The second kappa shape index (κ2) is 6.63. The molecule has 0 bridgehead atoms. The number of hydrogen-bond donors (Lipinski definition) is 1. The van der Waals surface area contributed by atoms with E-state index in [1.165, 1.54) is 5.56 Å². The number of ether oxygens (including phenoxy) is 2. The Morgan fingerprint density at radius 1 is 1.29 bits per heavy atom. The number of hydrogen-bond acceptors (Lipinski definition) is 4. The summed E-state index contributed by atoms with van der Waals surface area (Å²) in [5.74, 6) is 1.54. The maximum Gasteiger partial charge on any atom is 0.220 e. The number of aryl methyl sites for hydroxylation is 1. The van der Waals surface area contributed by atoms with Crippen molar-refractivity contribution >= 4 is 17.2 Å². The van der Waals surface area contributed by atoms with Gasteiger partial charge in [0, 0.05) is 6.42 Å². The Hall–Kier alpha value is -2.01. The smallest absolute Gasteiger partial charge is 0.220 e. The number of benzene rings is 1. The van der Waals surface area contributed by atoms with Gasteiger partial charge in [0.2, 0.25) is 5.91 Å². The van der Waals surface area contributed by atoms with Crippen molar-refractivity contribution in [2.75, 3.05) is 13.2 Å². The lowest BCUT2D eigenvalue weighted by molar-refractivity contribution is -0.121. The number of nitrogens with one attached hydrogen (secondary N) is 1. The van der Waals surface area contributed by atoms with E-state index in [0.717, 1.165) is 17.9 Å². The van der Waals surface area contributed by atoms with E-state index in [2.05, 4.69) is 10.7 Å². The maximum atomic E-state index is 11.8. The lowest BCUT2D eigenvalue weighted by Gasteiger charge is -2.26. The second-order valence-corrected chi connectivity index (χ2v) is 5.71. The minimum atomic E-state index is -0.134. The third-order valence-electron chi connectivity index (χ3n) is 3.32. The summed E-state index contributed by atoms with van der Waals surface area (Å²) >= 11 is 1.65. The Morgan fingerprint density at radius 2 is 2.14 bits per heavy atom. The van der Waals surface area contributed by atoms with Gasteiger partial charge in [-0.1, -0.05) is 12.1 Å². The number of amides is 1. The zero-order chi connectivity index (χ0) is 14.5. The van der Waals surface area contributed by atoms with Crippen molar-refractivity contribution in [1.29, 1.82) is 0 Å². The topological polar surface area (TPSA) is 47.6 Å². The van der Waals surface area contributed by atoms with Gasteiger partial charge in [-0.25, -0.2) is 0 Å². The number of carbonyl (C=O) groups excluding carboxylic acids is 1. The summed E-state index contributed by atoms with van der Waals surface area (Å²) in [4.78, 5) is 11.8. The summed E-state index contributed by atoms with van der Waals surface area (Å²) in [5.41, 5.74) is 1.21. The highest BCUT2D eigenvalue weighted by atomic mass is 32.1. The Bertz CT molecular complexity index is 597. The Labute approximate surface area is 127 Å². The summed E-state index contributed by atoms with van der Waals surface area (Å²) in [5, 5.41) is 7.00. The fourth-order valence-corrected chi connectivity index (χ4v) is 2.88. The highest BCUT2D eigenvalue weighted by Gasteiger charge is 2.20. The summed E-state index contributed by atoms with van der Waals surface area (Å²) < 4.78 is 11.4. The zero-order valence-corrected chi connectivity index (χ0v) is 12.4. The molecule has 0 spiro atoms. The Kier molecular flexibility index (Phi) is 4.40. The standard InChI is InChI=1S/C16H17NO3S/c18-16(6-5-12-7-8-21-11-12)17-9-13-10-19-14-3-1-2-4-15(14)20-13/h1-4,7-8,11,13H,5-6,9-10H2,(H,17,18). The molecule has 0 saturated heterocycles. The van der Waals surface area contributed by atoms with Crippen LogP contribution >= 0.6 is 11.3 Å². The van der Waals surface area contributed by atoms with E-state index in [0.29, 0.717) is 19.6 Å². The van der Waals surface area contributed by atoms with E-state index in [9.17, 15) is 4.79 Å². The first-order chi connectivity index (χ1) is 10.3. The number of fused-ring (bicyclic) bond motifs is 1. The van der Waals surface area contributed by atoms with Crippen molar-refractivity contribution in [2.24, 2.45) is 0 Å². The molecule has 4 nitrogen and oxygen atoms in total. The fraction of sp³-hybridized carbons (Fsp3) is 0.312. The van der Waals surface area contributed by atoms with Gasteiger partial charge in [-0.05, 0) is 40.9 Å². The Balaban J connectivity index is 1.42. The SMILES string of the molecule is O=C(CCc1ccsc1)NCC1COc2ccccc2O1. The maximum absolute atomic E-state index is 11.8. The van der Waals surface area contributed by atoms with Crippen molar-refractivity contribution in [2.45, 2.75) is 18.9 Å². The van der Waals surface area contributed by atoms with Crippen LogP contribution in [-0.2, 0) is 11.2 Å². The largest absolute Gasteiger partial charge is 0.486 e. The second-order valence-electron chi connectivity index (χ2n) is 4.93. The van der Waals surface area contributed by atoms with Crippen LogP contribution in [0.5, 0.6) is 11.5 Å². The molecule has 1 amide bonds. The minimum absolute atomic E-state index is 0.0451. The van der Waals surface area contributed by atoms with Crippen LogP contribution in [0.25, 0.3) is 0 Å². The molecule has 2 heterocycles. The molecule has 3 rings (SSSR count). The predicted octanol–water partition coefficient (Wildman–Crippen LogP) is 2.64. The molecule has 0 radical (unpaired) electrons. The minimum Gasteiger partial charge on any atom is -0.486 e.